The first kappa shape index (κ1) is 42.1. The van der Waals surface area contributed by atoms with E-state index in [1.807, 2.05) is 0 Å². The van der Waals surface area contributed by atoms with Gasteiger partial charge in [-0.05, 0) is 6.42 Å². The molecule has 0 fully saturated rings. The van der Waals surface area contributed by atoms with Crippen molar-refractivity contribution in [3.63, 3.8) is 0 Å². The Bertz CT molecular complexity index is 258. The van der Waals surface area contributed by atoms with Gasteiger partial charge in [-0.15, -0.1) is 0 Å². The van der Waals surface area contributed by atoms with Crippen LogP contribution in [0.25, 0.3) is 0 Å². The molecule has 0 aromatic carbocycles. The molecule has 0 aromatic rings. The van der Waals surface area contributed by atoms with Crippen LogP contribution in [0, 0.1) is 13.8 Å². The minimum absolute atomic E-state index is 0. The van der Waals surface area contributed by atoms with Gasteiger partial charge in [0.2, 0.25) is 0 Å². The summed E-state index contributed by atoms with van der Waals surface area (Å²) in [6.45, 7) is 14.8. The topological polar surface area (TPSA) is 26.3 Å². The molecule has 0 aliphatic rings. The number of esters is 1. The zero-order valence-corrected chi connectivity index (χ0v) is 25.6. The van der Waals surface area contributed by atoms with Crippen LogP contribution in [0.1, 0.15) is 136 Å². The van der Waals surface area contributed by atoms with Gasteiger partial charge in [-0.1, -0.05) is 150 Å². The first-order valence-electron chi connectivity index (χ1n) is 12.5. The number of unbranched alkanes of at least 4 members (excludes halogenated alkanes) is 15. The van der Waals surface area contributed by atoms with Gasteiger partial charge in [0.25, 0.3) is 5.97 Å². The Balaban J connectivity index is -0.000000111. The van der Waals surface area contributed by atoms with Crippen molar-refractivity contribution >= 4 is 42.5 Å². The minimum atomic E-state index is -0.261. The summed E-state index contributed by atoms with van der Waals surface area (Å²) in [6.07, 6.45) is 23.2. The molecule has 186 valence electrons. The molecule has 0 saturated heterocycles. The molecule has 0 unspecified atom stereocenters. The van der Waals surface area contributed by atoms with Gasteiger partial charge in [0.15, 0.2) is 0 Å². The summed E-state index contributed by atoms with van der Waals surface area (Å²) in [7, 11) is 0. The van der Waals surface area contributed by atoms with E-state index in [2.05, 4.69) is 47.2 Å². The van der Waals surface area contributed by atoms with Gasteiger partial charge >= 0.3 is 23.9 Å². The average Bonchev–Trinajstić information content (AvgIpc) is 2.74. The van der Waals surface area contributed by atoms with Gasteiger partial charge < -0.3 is 29.8 Å². The zero-order valence-electron chi connectivity index (χ0n) is 21.2. The molecular formula is C26H53ClO2SSn. The van der Waals surface area contributed by atoms with Crippen LogP contribution in [0.5, 0.6) is 0 Å². The third kappa shape index (κ3) is 53.8. The SMILES string of the molecule is CCCCCCCCOC(=O)C[S-].[CH2]CCCCCCC.[CH2]CCCCCCC.[Cl-].[Sn+2]. The molecule has 0 atom stereocenters. The molecule has 0 bridgehead atoms. The summed E-state index contributed by atoms with van der Waals surface area (Å²) in [5.41, 5.74) is 0. The predicted octanol–water partition coefficient (Wildman–Crippen LogP) is 5.42. The summed E-state index contributed by atoms with van der Waals surface area (Å²) >= 11 is 4.54. The van der Waals surface area contributed by atoms with E-state index in [4.69, 9.17) is 4.74 Å². The van der Waals surface area contributed by atoms with Gasteiger partial charge in [-0.2, -0.15) is 0 Å². The fraction of sp³-hybridized carbons (Fsp3) is 0.885. The molecule has 0 heterocycles. The quantitative estimate of drug-likeness (QED) is 0.0933. The van der Waals surface area contributed by atoms with Crippen molar-refractivity contribution in [2.45, 2.75) is 136 Å². The molecule has 0 spiro atoms. The number of carbonyl (C=O) groups excluding carboxylic acids is 1. The van der Waals surface area contributed by atoms with Crippen LogP contribution < -0.4 is 12.4 Å². The summed E-state index contributed by atoms with van der Waals surface area (Å²) in [4.78, 5) is 10.6. The standard InChI is InChI=1S/C10H20O2S.2C8H17.ClH.Sn/c1-2-3-4-5-6-7-8-12-10(11)9-13;2*1-3-5-7-8-6-4-2;;/h13H,2-9H2,1H3;2*1,3-8H2,2H3;1H;/q;;;;+2/p-2. The summed E-state index contributed by atoms with van der Waals surface area (Å²) in [6, 6.07) is 0. The molecule has 0 aliphatic carbocycles. The van der Waals surface area contributed by atoms with E-state index in [9.17, 15) is 4.79 Å². The number of hydrogen-bond donors (Lipinski definition) is 0. The second-order valence-corrected chi connectivity index (χ2v) is 7.96. The number of rotatable bonds is 18. The monoisotopic (exact) mass is 584 g/mol. The fourth-order valence-corrected chi connectivity index (χ4v) is 2.75. The van der Waals surface area contributed by atoms with Crippen LogP contribution in [-0.4, -0.2) is 42.2 Å². The Morgan fingerprint density at radius 2 is 0.968 bits per heavy atom. The van der Waals surface area contributed by atoms with Crippen molar-refractivity contribution in [1.82, 2.24) is 0 Å². The zero-order chi connectivity index (χ0) is 22.4. The van der Waals surface area contributed by atoms with Crippen molar-refractivity contribution < 1.29 is 21.9 Å². The fourth-order valence-electron chi connectivity index (χ4n) is 2.67. The third-order valence-electron chi connectivity index (χ3n) is 4.59. The van der Waals surface area contributed by atoms with Gasteiger partial charge in [-0.3, -0.25) is 4.79 Å². The van der Waals surface area contributed by atoms with E-state index in [0.29, 0.717) is 6.61 Å². The molecule has 0 rings (SSSR count). The van der Waals surface area contributed by atoms with E-state index >= 15 is 0 Å². The van der Waals surface area contributed by atoms with E-state index in [1.54, 1.807) is 0 Å². The average molecular weight is 584 g/mol. The van der Waals surface area contributed by atoms with Crippen molar-refractivity contribution in [3.05, 3.63) is 13.8 Å². The molecule has 2 nitrogen and oxygen atoms in total. The van der Waals surface area contributed by atoms with Crippen LogP contribution in [0.2, 0.25) is 0 Å². The maximum Gasteiger partial charge on any atom is 2.00 e. The molecule has 0 N–H and O–H groups in total. The van der Waals surface area contributed by atoms with E-state index in [1.165, 1.54) is 89.9 Å². The first-order valence-corrected chi connectivity index (χ1v) is 13.0. The molecule has 0 amide bonds. The molecule has 0 aliphatic heterocycles. The molecule has 0 saturated carbocycles. The van der Waals surface area contributed by atoms with Crippen molar-refractivity contribution in [1.29, 1.82) is 0 Å². The van der Waals surface area contributed by atoms with E-state index < -0.39 is 0 Å². The van der Waals surface area contributed by atoms with Gasteiger partial charge in [-0.25, -0.2) is 0 Å². The van der Waals surface area contributed by atoms with Gasteiger partial charge in [0, 0.05) is 0 Å². The number of halogens is 1. The predicted molar refractivity (Wildman–Crippen MR) is 140 cm³/mol. The summed E-state index contributed by atoms with van der Waals surface area (Å²) in [5.74, 6) is -0.181. The second-order valence-electron chi connectivity index (χ2n) is 7.67. The van der Waals surface area contributed by atoms with Crippen molar-refractivity contribution in [3.8, 4) is 0 Å². The first-order chi connectivity index (χ1) is 14.1. The molecule has 4 radical (unpaired) electrons. The number of carbonyl (C=O) groups is 1. The maximum absolute atomic E-state index is 10.6. The minimum Gasteiger partial charge on any atom is -1.00 e. The summed E-state index contributed by atoms with van der Waals surface area (Å²) in [5, 5.41) is 0. The molecule has 5 heteroatoms. The van der Waals surface area contributed by atoms with E-state index in [0.717, 1.165) is 25.7 Å². The smallest absolute Gasteiger partial charge is 1.00 e. The molecule has 0 aromatic heterocycles. The van der Waals surface area contributed by atoms with Crippen LogP contribution in [0.4, 0.5) is 0 Å². The second kappa shape index (κ2) is 44.6. The number of ether oxygens (including phenoxy) is 1. The van der Waals surface area contributed by atoms with Crippen molar-refractivity contribution in [2.24, 2.45) is 0 Å². The molecule has 31 heavy (non-hydrogen) atoms. The van der Waals surface area contributed by atoms with Crippen LogP contribution in [0.15, 0.2) is 0 Å². The van der Waals surface area contributed by atoms with Crippen LogP contribution >= 0.6 is 0 Å². The maximum atomic E-state index is 10.6. The van der Waals surface area contributed by atoms with Crippen molar-refractivity contribution in [2.75, 3.05) is 12.4 Å². The Morgan fingerprint density at radius 1 is 0.645 bits per heavy atom. The third-order valence-corrected chi connectivity index (χ3v) is 4.82. The summed E-state index contributed by atoms with van der Waals surface area (Å²) < 4.78 is 4.85. The Hall–Kier alpha value is 0.909. The van der Waals surface area contributed by atoms with Crippen LogP contribution in [0.3, 0.4) is 0 Å². The Labute approximate surface area is 226 Å². The van der Waals surface area contributed by atoms with Gasteiger partial charge in [0.05, 0.1) is 6.61 Å². The van der Waals surface area contributed by atoms with Crippen LogP contribution in [-0.2, 0) is 22.2 Å². The normalized spacial score (nSPS) is 9.23. The Kier molecular flexibility index (Phi) is 60.5. The Morgan fingerprint density at radius 3 is 1.29 bits per heavy atom. The largest absolute Gasteiger partial charge is 2.00 e. The van der Waals surface area contributed by atoms with E-state index in [-0.39, 0.29) is 48.0 Å². The number of hydrogen-bond acceptors (Lipinski definition) is 3. The molecular weight excluding hydrogens is 531 g/mol. The van der Waals surface area contributed by atoms with Gasteiger partial charge in [0.1, 0.15) is 0 Å².